The third-order valence-electron chi connectivity index (χ3n) is 5.96. The van der Waals surface area contributed by atoms with Gasteiger partial charge in [0.25, 0.3) is 0 Å². The largest absolute Gasteiger partial charge is 0.418 e. The van der Waals surface area contributed by atoms with Crippen LogP contribution in [-0.4, -0.2) is 40.9 Å². The molecule has 172 valence electrons. The Balaban J connectivity index is 1.53. The summed E-state index contributed by atoms with van der Waals surface area (Å²) in [6.45, 7) is 9.62. The number of aromatic nitrogens is 1. The van der Waals surface area contributed by atoms with E-state index in [9.17, 15) is 13.2 Å². The van der Waals surface area contributed by atoms with Crippen LogP contribution >= 0.6 is 0 Å². The van der Waals surface area contributed by atoms with Crippen LogP contribution in [0.5, 0.6) is 0 Å². The van der Waals surface area contributed by atoms with Crippen molar-refractivity contribution in [2.75, 3.05) is 25.5 Å². The summed E-state index contributed by atoms with van der Waals surface area (Å²) in [4.78, 5) is 13.0. The van der Waals surface area contributed by atoms with Crippen molar-refractivity contribution in [3.63, 3.8) is 0 Å². The molecule has 0 bridgehead atoms. The minimum atomic E-state index is -4.43. The van der Waals surface area contributed by atoms with Crippen LogP contribution in [0.1, 0.15) is 24.0 Å². The molecule has 0 spiro atoms. The van der Waals surface area contributed by atoms with Crippen molar-refractivity contribution in [2.24, 2.45) is 10.9 Å². The van der Waals surface area contributed by atoms with Gasteiger partial charge in [-0.05, 0) is 43.2 Å². The molecule has 2 aromatic rings. The molecule has 33 heavy (non-hydrogen) atoms. The van der Waals surface area contributed by atoms with Crippen molar-refractivity contribution in [1.82, 2.24) is 14.8 Å². The molecular weight excluding hydrogens is 427 g/mol. The highest BCUT2D eigenvalue weighted by Crippen LogP contribution is 2.36. The second-order valence-corrected chi connectivity index (χ2v) is 8.21. The average Bonchev–Trinajstić information content (AvgIpc) is 2.81. The van der Waals surface area contributed by atoms with Crippen molar-refractivity contribution < 1.29 is 13.2 Å². The van der Waals surface area contributed by atoms with Gasteiger partial charge in [0.05, 0.1) is 16.9 Å². The number of nitrogens with zero attached hydrogens (tertiary/aromatic N) is 4. The Morgan fingerprint density at radius 1 is 1.15 bits per heavy atom. The van der Waals surface area contributed by atoms with Crippen LogP contribution in [0.25, 0.3) is 5.70 Å². The number of allylic oxidation sites excluding steroid dienone is 1. The van der Waals surface area contributed by atoms with Gasteiger partial charge in [0.2, 0.25) is 5.96 Å². The summed E-state index contributed by atoms with van der Waals surface area (Å²) in [5.41, 5.74) is 2.45. The maximum absolute atomic E-state index is 13.4. The van der Waals surface area contributed by atoms with E-state index in [-0.39, 0.29) is 11.6 Å². The molecule has 2 aliphatic heterocycles. The minimum Gasteiger partial charge on any atom is -0.359 e. The van der Waals surface area contributed by atoms with Crippen molar-refractivity contribution >= 4 is 17.3 Å². The van der Waals surface area contributed by atoms with Crippen LogP contribution in [0.4, 0.5) is 18.9 Å². The molecule has 5 nitrogen and oxygen atoms in total. The molecule has 0 saturated carbocycles. The minimum absolute atomic E-state index is 0.0236. The number of pyridine rings is 1. The van der Waals surface area contributed by atoms with Gasteiger partial charge in [-0.15, -0.1) is 0 Å². The van der Waals surface area contributed by atoms with Gasteiger partial charge in [-0.25, -0.2) is 4.99 Å². The van der Waals surface area contributed by atoms with Gasteiger partial charge in [0.15, 0.2) is 0 Å². The van der Waals surface area contributed by atoms with Crippen LogP contribution < -0.4 is 5.32 Å². The lowest BCUT2D eigenvalue weighted by molar-refractivity contribution is -0.136. The Hall–Kier alpha value is -3.55. The number of benzene rings is 1. The number of likely N-dealkylation sites (tertiary alicyclic amines) is 1. The van der Waals surface area contributed by atoms with E-state index in [4.69, 9.17) is 4.99 Å². The lowest BCUT2D eigenvalue weighted by Crippen LogP contribution is -2.48. The van der Waals surface area contributed by atoms with E-state index in [1.807, 2.05) is 30.2 Å². The first-order valence-electron chi connectivity index (χ1n) is 10.7. The van der Waals surface area contributed by atoms with E-state index in [0.717, 1.165) is 48.4 Å². The van der Waals surface area contributed by atoms with Gasteiger partial charge in [-0.3, -0.25) is 4.98 Å². The van der Waals surface area contributed by atoms with E-state index < -0.39 is 11.7 Å². The molecule has 0 aliphatic carbocycles. The zero-order chi connectivity index (χ0) is 23.6. The standard InChI is InChI=1S/C25H26F3N5/c1-17-15-23(19-10-12-29-13-11-19)31-24(32(17)3)33-14-6-7-20(16-33)18(2)30-22-9-5-4-8-21(22)25(26,27)28/h4-5,8-13,15,20,30H,1-2,6-7,14,16H2,3H3. The van der Waals surface area contributed by atoms with E-state index in [1.165, 1.54) is 12.1 Å². The monoisotopic (exact) mass is 453 g/mol. The molecular formula is C25H26F3N5. The predicted molar refractivity (Wildman–Crippen MR) is 125 cm³/mol. The summed E-state index contributed by atoms with van der Waals surface area (Å²) in [5, 5.41) is 2.93. The summed E-state index contributed by atoms with van der Waals surface area (Å²) < 4.78 is 40.2. The number of halogens is 3. The molecule has 0 amide bonds. The van der Waals surface area contributed by atoms with Crippen LogP contribution in [-0.2, 0) is 6.18 Å². The van der Waals surface area contributed by atoms with Crippen molar-refractivity contribution in [3.8, 4) is 0 Å². The fourth-order valence-corrected chi connectivity index (χ4v) is 4.11. The smallest absolute Gasteiger partial charge is 0.359 e. The van der Waals surface area contributed by atoms with Crippen molar-refractivity contribution in [3.05, 3.63) is 90.5 Å². The highest BCUT2D eigenvalue weighted by molar-refractivity contribution is 5.91. The zero-order valence-electron chi connectivity index (χ0n) is 18.4. The normalized spacial score (nSPS) is 19.2. The Morgan fingerprint density at radius 3 is 2.61 bits per heavy atom. The van der Waals surface area contributed by atoms with Gasteiger partial charge in [0.1, 0.15) is 0 Å². The molecule has 1 fully saturated rings. The van der Waals surface area contributed by atoms with E-state index >= 15 is 0 Å². The molecule has 1 atom stereocenters. The molecule has 3 heterocycles. The number of para-hydroxylation sites is 1. The lowest BCUT2D eigenvalue weighted by Gasteiger charge is -2.40. The second-order valence-electron chi connectivity index (χ2n) is 8.21. The molecule has 1 aromatic heterocycles. The second kappa shape index (κ2) is 9.13. The number of aliphatic imine (C=N–C) groups is 1. The molecule has 2 aliphatic rings. The highest BCUT2D eigenvalue weighted by Gasteiger charge is 2.34. The Bertz CT molecular complexity index is 1100. The van der Waals surface area contributed by atoms with E-state index in [1.54, 1.807) is 18.5 Å². The number of anilines is 1. The fourth-order valence-electron chi connectivity index (χ4n) is 4.11. The maximum atomic E-state index is 13.4. The van der Waals surface area contributed by atoms with Gasteiger partial charge in [0, 0.05) is 55.4 Å². The lowest BCUT2D eigenvalue weighted by atomic mass is 9.95. The average molecular weight is 454 g/mol. The van der Waals surface area contributed by atoms with Gasteiger partial charge >= 0.3 is 6.18 Å². The predicted octanol–water partition coefficient (Wildman–Crippen LogP) is 5.59. The van der Waals surface area contributed by atoms with Gasteiger partial charge in [-0.2, -0.15) is 13.2 Å². The highest BCUT2D eigenvalue weighted by atomic mass is 19.4. The quantitative estimate of drug-likeness (QED) is 0.655. The first kappa shape index (κ1) is 22.6. The number of guanidine groups is 1. The number of alkyl halides is 3. The Labute approximate surface area is 191 Å². The number of piperidine rings is 1. The van der Waals surface area contributed by atoms with Crippen molar-refractivity contribution in [1.29, 1.82) is 0 Å². The van der Waals surface area contributed by atoms with Crippen LogP contribution in [0, 0.1) is 5.92 Å². The zero-order valence-corrected chi connectivity index (χ0v) is 18.4. The topological polar surface area (TPSA) is 43.8 Å². The summed E-state index contributed by atoms with van der Waals surface area (Å²) in [6, 6.07) is 9.28. The third-order valence-corrected chi connectivity index (χ3v) is 5.96. The van der Waals surface area contributed by atoms with Gasteiger partial charge in [-0.1, -0.05) is 25.3 Å². The number of hydrogen-bond donors (Lipinski definition) is 1. The van der Waals surface area contributed by atoms with Crippen molar-refractivity contribution in [2.45, 2.75) is 19.0 Å². The molecule has 1 saturated heterocycles. The Morgan fingerprint density at radius 2 is 1.88 bits per heavy atom. The fraction of sp³-hybridized carbons (Fsp3) is 0.280. The van der Waals surface area contributed by atoms with E-state index in [0.29, 0.717) is 12.2 Å². The molecule has 0 radical (unpaired) electrons. The SMILES string of the molecule is C=C(Nc1ccccc1C(F)(F)F)C1CCCN(C2=NC(c3ccncc3)=CC(=C)N2C)C1. The Kier molecular flexibility index (Phi) is 6.26. The first-order valence-corrected chi connectivity index (χ1v) is 10.7. The summed E-state index contributed by atoms with van der Waals surface area (Å²) in [5.74, 6) is 0.738. The van der Waals surface area contributed by atoms with Crippen LogP contribution in [0.2, 0.25) is 0 Å². The van der Waals surface area contributed by atoms with Crippen LogP contribution in [0.15, 0.2) is 84.4 Å². The summed E-state index contributed by atoms with van der Waals surface area (Å²) in [7, 11) is 1.91. The number of rotatable bonds is 4. The summed E-state index contributed by atoms with van der Waals surface area (Å²) >= 11 is 0. The molecule has 1 unspecified atom stereocenters. The number of nitrogens with one attached hydrogen (secondary N) is 1. The van der Waals surface area contributed by atoms with E-state index in [2.05, 4.69) is 28.4 Å². The number of hydrogen-bond acceptors (Lipinski definition) is 5. The first-order chi connectivity index (χ1) is 15.7. The third kappa shape index (κ3) is 4.94. The molecule has 1 aromatic carbocycles. The molecule has 4 rings (SSSR count). The molecule has 1 N–H and O–H groups in total. The summed E-state index contributed by atoms with van der Waals surface area (Å²) in [6.07, 6.45) is 2.64. The maximum Gasteiger partial charge on any atom is 0.418 e. The van der Waals surface area contributed by atoms with Gasteiger partial charge < -0.3 is 15.1 Å². The molecule has 8 heteroatoms. The number of likely N-dealkylation sites (N-methyl/N-ethyl adjacent to an activating group) is 1. The van der Waals surface area contributed by atoms with Crippen LogP contribution in [0.3, 0.4) is 0 Å².